The monoisotopic (exact) mass is 275 g/mol. The van der Waals surface area contributed by atoms with Gasteiger partial charge in [0.15, 0.2) is 0 Å². The van der Waals surface area contributed by atoms with E-state index in [2.05, 4.69) is 29.4 Å². The zero-order valence-corrected chi connectivity index (χ0v) is 11.7. The van der Waals surface area contributed by atoms with Gasteiger partial charge in [-0.3, -0.25) is 0 Å². The second kappa shape index (κ2) is 6.23. The summed E-state index contributed by atoms with van der Waals surface area (Å²) < 4.78 is 0. The standard InChI is InChI=1S/C19H17NO/c21-20-19(13-10-15-6-2-1-3-7-15)18-12-11-16-8-4-5-9-17(16)14-18/h1-4,6-8,10-14,21H,5,9H2/b13-10+,20-19?. The van der Waals surface area contributed by atoms with E-state index in [-0.39, 0.29) is 0 Å². The van der Waals surface area contributed by atoms with E-state index < -0.39 is 0 Å². The van der Waals surface area contributed by atoms with E-state index in [1.165, 1.54) is 11.1 Å². The minimum absolute atomic E-state index is 0.580. The fraction of sp³-hybridized carbons (Fsp3) is 0.105. The molecule has 21 heavy (non-hydrogen) atoms. The maximum Gasteiger partial charge on any atom is 0.109 e. The van der Waals surface area contributed by atoms with E-state index in [9.17, 15) is 5.21 Å². The predicted molar refractivity (Wildman–Crippen MR) is 87.6 cm³/mol. The maximum absolute atomic E-state index is 9.28. The number of nitrogens with zero attached hydrogens (tertiary/aromatic N) is 1. The van der Waals surface area contributed by atoms with Crippen LogP contribution in [0.15, 0.2) is 65.8 Å². The Balaban J connectivity index is 1.87. The van der Waals surface area contributed by atoms with Gasteiger partial charge in [-0.15, -0.1) is 0 Å². The zero-order valence-electron chi connectivity index (χ0n) is 11.7. The van der Waals surface area contributed by atoms with E-state index in [1.54, 1.807) is 0 Å². The van der Waals surface area contributed by atoms with Gasteiger partial charge in [0.25, 0.3) is 0 Å². The van der Waals surface area contributed by atoms with Gasteiger partial charge in [-0.25, -0.2) is 0 Å². The fourth-order valence-electron chi connectivity index (χ4n) is 2.52. The number of allylic oxidation sites excluding steroid dienone is 2. The highest BCUT2D eigenvalue weighted by atomic mass is 16.4. The molecule has 2 nitrogen and oxygen atoms in total. The van der Waals surface area contributed by atoms with Crippen molar-refractivity contribution in [2.45, 2.75) is 12.8 Å². The van der Waals surface area contributed by atoms with Crippen molar-refractivity contribution >= 4 is 17.9 Å². The Morgan fingerprint density at radius 1 is 1.10 bits per heavy atom. The largest absolute Gasteiger partial charge is 0.410 e. The van der Waals surface area contributed by atoms with Crippen LogP contribution in [0.2, 0.25) is 0 Å². The third-order valence-electron chi connectivity index (χ3n) is 3.66. The summed E-state index contributed by atoms with van der Waals surface area (Å²) >= 11 is 0. The van der Waals surface area contributed by atoms with E-state index in [0.29, 0.717) is 5.71 Å². The molecule has 0 heterocycles. The van der Waals surface area contributed by atoms with Crippen LogP contribution in [0.3, 0.4) is 0 Å². The van der Waals surface area contributed by atoms with E-state index in [4.69, 9.17) is 0 Å². The van der Waals surface area contributed by atoms with Crippen LogP contribution in [0.4, 0.5) is 0 Å². The van der Waals surface area contributed by atoms with Crippen LogP contribution in [0.25, 0.3) is 12.2 Å². The number of fused-ring (bicyclic) bond motifs is 1. The summed E-state index contributed by atoms with van der Waals surface area (Å²) in [6.45, 7) is 0. The van der Waals surface area contributed by atoms with Crippen LogP contribution in [0.5, 0.6) is 0 Å². The molecule has 2 aromatic carbocycles. The van der Waals surface area contributed by atoms with E-state index in [1.807, 2.05) is 48.6 Å². The molecule has 1 aliphatic rings. The first-order chi connectivity index (χ1) is 10.4. The molecule has 2 heteroatoms. The van der Waals surface area contributed by atoms with Gasteiger partial charge in [-0.1, -0.05) is 65.8 Å². The highest BCUT2D eigenvalue weighted by Gasteiger charge is 2.08. The first kappa shape index (κ1) is 13.4. The topological polar surface area (TPSA) is 32.6 Å². The second-order valence-corrected chi connectivity index (χ2v) is 5.08. The van der Waals surface area contributed by atoms with Crippen molar-refractivity contribution in [1.29, 1.82) is 0 Å². The lowest BCUT2D eigenvalue weighted by Gasteiger charge is -2.11. The predicted octanol–water partition coefficient (Wildman–Crippen LogP) is 4.54. The van der Waals surface area contributed by atoms with Gasteiger partial charge >= 0.3 is 0 Å². The lowest BCUT2D eigenvalue weighted by Crippen LogP contribution is -2.01. The average molecular weight is 275 g/mol. The molecule has 0 spiro atoms. The minimum atomic E-state index is 0.580. The quantitative estimate of drug-likeness (QED) is 0.498. The van der Waals surface area contributed by atoms with Crippen molar-refractivity contribution in [2.24, 2.45) is 5.16 Å². The molecule has 0 radical (unpaired) electrons. The molecule has 1 N–H and O–H groups in total. The number of aryl methyl sites for hydroxylation is 1. The molecular weight excluding hydrogens is 258 g/mol. The molecule has 0 bridgehead atoms. The molecule has 0 aromatic heterocycles. The van der Waals surface area contributed by atoms with Crippen LogP contribution >= 0.6 is 0 Å². The van der Waals surface area contributed by atoms with Gasteiger partial charge in [0.05, 0.1) is 0 Å². The van der Waals surface area contributed by atoms with Crippen molar-refractivity contribution in [3.8, 4) is 0 Å². The summed E-state index contributed by atoms with van der Waals surface area (Å²) in [4.78, 5) is 0. The highest BCUT2D eigenvalue weighted by Crippen LogP contribution is 2.21. The zero-order chi connectivity index (χ0) is 14.5. The van der Waals surface area contributed by atoms with Gasteiger partial charge in [0, 0.05) is 5.56 Å². The Morgan fingerprint density at radius 3 is 2.76 bits per heavy atom. The molecule has 0 saturated carbocycles. The first-order valence-corrected chi connectivity index (χ1v) is 7.12. The lowest BCUT2D eigenvalue weighted by molar-refractivity contribution is 0.320. The Morgan fingerprint density at radius 2 is 1.95 bits per heavy atom. The Bertz CT molecular complexity index is 712. The Hall–Kier alpha value is -2.61. The van der Waals surface area contributed by atoms with Crippen molar-refractivity contribution < 1.29 is 5.21 Å². The van der Waals surface area contributed by atoms with Crippen LogP contribution in [0, 0.1) is 0 Å². The van der Waals surface area contributed by atoms with Gasteiger partial charge in [-0.2, -0.15) is 0 Å². The Kier molecular flexibility index (Phi) is 3.97. The smallest absolute Gasteiger partial charge is 0.109 e. The van der Waals surface area contributed by atoms with Crippen molar-refractivity contribution in [2.75, 3.05) is 0 Å². The number of oxime groups is 1. The van der Waals surface area contributed by atoms with Crippen LogP contribution in [-0.4, -0.2) is 10.9 Å². The number of hydrogen-bond acceptors (Lipinski definition) is 2. The van der Waals surface area contributed by atoms with Crippen molar-refractivity contribution in [3.05, 3.63) is 82.9 Å². The summed E-state index contributed by atoms with van der Waals surface area (Å²) in [7, 11) is 0. The molecular formula is C19H17NO. The van der Waals surface area contributed by atoms with Gasteiger partial charge in [0.2, 0.25) is 0 Å². The molecule has 2 aromatic rings. The van der Waals surface area contributed by atoms with Gasteiger partial charge in [0.1, 0.15) is 5.71 Å². The molecule has 104 valence electrons. The summed E-state index contributed by atoms with van der Waals surface area (Å²) in [5.74, 6) is 0. The summed E-state index contributed by atoms with van der Waals surface area (Å²) in [6.07, 6.45) is 10.3. The van der Waals surface area contributed by atoms with Crippen LogP contribution < -0.4 is 0 Å². The summed E-state index contributed by atoms with van der Waals surface area (Å²) in [5.41, 5.74) is 5.17. The number of benzene rings is 2. The number of hydrogen-bond donors (Lipinski definition) is 1. The SMILES string of the molecule is ON=C(/C=C/c1ccccc1)c1ccc2c(c1)CCC=C2. The maximum atomic E-state index is 9.28. The van der Waals surface area contributed by atoms with Gasteiger partial charge < -0.3 is 5.21 Å². The van der Waals surface area contributed by atoms with Gasteiger partial charge in [-0.05, 0) is 41.7 Å². The molecule has 0 atom stereocenters. The van der Waals surface area contributed by atoms with Crippen LogP contribution in [0.1, 0.15) is 28.7 Å². The molecule has 3 rings (SSSR count). The molecule has 0 aliphatic heterocycles. The summed E-state index contributed by atoms with van der Waals surface area (Å²) in [5, 5.41) is 12.7. The minimum Gasteiger partial charge on any atom is -0.410 e. The second-order valence-electron chi connectivity index (χ2n) is 5.08. The molecule has 1 aliphatic carbocycles. The summed E-state index contributed by atoms with van der Waals surface area (Å²) in [6, 6.07) is 16.2. The normalized spacial score (nSPS) is 14.4. The molecule has 0 saturated heterocycles. The molecule has 0 amide bonds. The first-order valence-electron chi connectivity index (χ1n) is 7.12. The van der Waals surface area contributed by atoms with E-state index in [0.717, 1.165) is 24.0 Å². The third-order valence-corrected chi connectivity index (χ3v) is 3.66. The molecule has 0 unspecified atom stereocenters. The lowest BCUT2D eigenvalue weighted by atomic mass is 9.94. The fourth-order valence-corrected chi connectivity index (χ4v) is 2.52. The highest BCUT2D eigenvalue weighted by molar-refractivity contribution is 6.10. The van der Waals surface area contributed by atoms with E-state index >= 15 is 0 Å². The third kappa shape index (κ3) is 3.11. The Labute approximate surface area is 124 Å². The van der Waals surface area contributed by atoms with Crippen molar-refractivity contribution in [3.63, 3.8) is 0 Å². The number of rotatable bonds is 3. The van der Waals surface area contributed by atoms with Crippen LogP contribution in [-0.2, 0) is 6.42 Å². The molecule has 0 fully saturated rings. The average Bonchev–Trinajstić information content (AvgIpc) is 2.56. The van der Waals surface area contributed by atoms with Crippen molar-refractivity contribution in [1.82, 2.24) is 0 Å².